The van der Waals surface area contributed by atoms with E-state index < -0.39 is 12.1 Å². The topological polar surface area (TPSA) is 0 Å². The molecule has 0 bridgehead atoms. The van der Waals surface area contributed by atoms with E-state index in [1.807, 2.05) is 24.3 Å². The molecule has 0 radical (unpaired) electrons. The Morgan fingerprint density at radius 1 is 0.379 bits per heavy atom. The van der Waals surface area contributed by atoms with Gasteiger partial charge in [-0.1, -0.05) is 121 Å². The van der Waals surface area contributed by atoms with Gasteiger partial charge < -0.3 is 0 Å². The van der Waals surface area contributed by atoms with E-state index >= 15 is 0 Å². The average molecular weight is 448 g/mol. The molecule has 0 amide bonds. The van der Waals surface area contributed by atoms with Crippen LogP contribution in [0.15, 0.2) is 121 Å². The minimum Gasteiger partial charge on any atom is -0.236 e. The summed E-state index contributed by atoms with van der Waals surface area (Å²) in [6.07, 6.45) is 0. The van der Waals surface area contributed by atoms with Crippen LogP contribution in [-0.2, 0) is 23.6 Å². The predicted molar refractivity (Wildman–Crippen MR) is 137 cm³/mol. The van der Waals surface area contributed by atoms with E-state index in [-0.39, 0.29) is 0 Å². The normalized spacial score (nSPS) is 11.9. The molecular formula is C25H21P2S2-. The smallest absolute Gasteiger partial charge is 0.0385 e. The molecule has 29 heavy (non-hydrogen) atoms. The first-order chi connectivity index (χ1) is 14.1. The van der Waals surface area contributed by atoms with Crippen molar-refractivity contribution in [2.75, 3.05) is 0 Å². The highest BCUT2D eigenvalue weighted by Crippen LogP contribution is 2.63. The monoisotopic (exact) mass is 447 g/mol. The van der Waals surface area contributed by atoms with Crippen molar-refractivity contribution in [3.63, 3.8) is 0 Å². The van der Waals surface area contributed by atoms with Gasteiger partial charge in [0.05, 0.1) is 0 Å². The molecule has 4 heteroatoms. The summed E-state index contributed by atoms with van der Waals surface area (Å²) < 4.78 is 0. The highest BCUT2D eigenvalue weighted by atomic mass is 32.5. The molecule has 0 aliphatic carbocycles. The largest absolute Gasteiger partial charge is 0.236 e. The Morgan fingerprint density at radius 3 is 0.793 bits per heavy atom. The molecule has 0 spiro atoms. The lowest BCUT2D eigenvalue weighted by Gasteiger charge is -2.42. The van der Waals surface area contributed by atoms with Crippen LogP contribution in [0.2, 0.25) is 0 Å². The lowest BCUT2D eigenvalue weighted by atomic mass is 10.4. The first-order valence-electron chi connectivity index (χ1n) is 9.42. The van der Waals surface area contributed by atoms with Gasteiger partial charge in [-0.25, -0.2) is 5.90 Å². The molecule has 0 heterocycles. The van der Waals surface area contributed by atoms with E-state index in [1.165, 1.54) is 21.2 Å². The fourth-order valence-corrected chi connectivity index (χ4v) is 15.0. The fraction of sp³-hybridized carbons (Fsp3) is 0. The number of rotatable bonds is 6. The van der Waals surface area contributed by atoms with Crippen molar-refractivity contribution in [3.8, 4) is 0 Å². The van der Waals surface area contributed by atoms with Gasteiger partial charge >= 0.3 is 0 Å². The molecule has 0 unspecified atom stereocenters. The number of hydrogen-bond acceptors (Lipinski definition) is 2. The predicted octanol–water partition coefficient (Wildman–Crippen LogP) is 5.37. The third kappa shape index (κ3) is 4.23. The van der Waals surface area contributed by atoms with E-state index in [9.17, 15) is 0 Å². The van der Waals surface area contributed by atoms with E-state index in [0.717, 1.165) is 0 Å². The van der Waals surface area contributed by atoms with E-state index in [2.05, 4.69) is 103 Å². The second-order valence-electron chi connectivity index (χ2n) is 6.77. The van der Waals surface area contributed by atoms with E-state index in [1.54, 1.807) is 0 Å². The molecule has 4 rings (SSSR count). The van der Waals surface area contributed by atoms with Gasteiger partial charge in [-0.3, -0.25) is 0 Å². The zero-order valence-corrected chi connectivity index (χ0v) is 19.3. The summed E-state index contributed by atoms with van der Waals surface area (Å²) >= 11 is 13.0. The zero-order chi connectivity index (χ0) is 20.2. The van der Waals surface area contributed by atoms with Gasteiger partial charge in [-0.2, -0.15) is 0 Å². The maximum atomic E-state index is 6.50. The van der Waals surface area contributed by atoms with Crippen LogP contribution < -0.4 is 21.2 Å². The van der Waals surface area contributed by atoms with Crippen LogP contribution in [0.1, 0.15) is 0 Å². The van der Waals surface area contributed by atoms with Crippen LogP contribution in [0.4, 0.5) is 0 Å². The van der Waals surface area contributed by atoms with Gasteiger partial charge in [0.2, 0.25) is 0 Å². The van der Waals surface area contributed by atoms with Gasteiger partial charge in [-0.05, 0) is 21.2 Å². The molecule has 4 aromatic carbocycles. The zero-order valence-electron chi connectivity index (χ0n) is 15.8. The molecule has 0 aromatic heterocycles. The second kappa shape index (κ2) is 8.90. The van der Waals surface area contributed by atoms with Crippen molar-refractivity contribution in [2.24, 2.45) is 0 Å². The minimum absolute atomic E-state index is 1.18. The van der Waals surface area contributed by atoms with Gasteiger partial charge in [0, 0.05) is 0 Å². The summed E-state index contributed by atoms with van der Waals surface area (Å²) in [4.78, 5) is 0. The molecule has 0 saturated carbocycles. The molecule has 0 saturated heterocycles. The molecule has 144 valence electrons. The van der Waals surface area contributed by atoms with Crippen LogP contribution in [-0.4, -0.2) is 0 Å². The molecule has 0 atom stereocenters. The molecule has 0 nitrogen and oxygen atoms in total. The molecule has 0 aliphatic rings. The lowest BCUT2D eigenvalue weighted by molar-refractivity contribution is 1.74. The number of hydrogen-bond donors (Lipinski definition) is 0. The Morgan fingerprint density at radius 2 is 0.586 bits per heavy atom. The summed E-state index contributed by atoms with van der Waals surface area (Å²) in [7, 11) is 0. The Bertz CT molecular complexity index is 977. The first kappa shape index (κ1) is 20.5. The minimum atomic E-state index is -2.22. The van der Waals surface area contributed by atoms with Crippen LogP contribution in [0, 0.1) is 5.90 Å². The van der Waals surface area contributed by atoms with Crippen molar-refractivity contribution in [1.29, 1.82) is 0 Å². The summed E-state index contributed by atoms with van der Waals surface area (Å²) in [6, 6.07) is 37.5. The van der Waals surface area contributed by atoms with Crippen molar-refractivity contribution in [1.82, 2.24) is 0 Å². The summed E-state index contributed by atoms with van der Waals surface area (Å²) in [5.74, 6) is 2.38. The highest BCUT2D eigenvalue weighted by Gasteiger charge is 2.23. The van der Waals surface area contributed by atoms with E-state index in [4.69, 9.17) is 23.6 Å². The van der Waals surface area contributed by atoms with Crippen LogP contribution in [0.25, 0.3) is 0 Å². The molecule has 0 aliphatic heterocycles. The van der Waals surface area contributed by atoms with Crippen LogP contribution in [0.3, 0.4) is 0 Å². The molecule has 0 N–H and O–H groups in total. The average Bonchev–Trinajstić information content (AvgIpc) is 2.81. The van der Waals surface area contributed by atoms with Crippen molar-refractivity contribution in [3.05, 3.63) is 127 Å². The summed E-state index contributed by atoms with van der Waals surface area (Å²) in [5.41, 5.74) is 0. The second-order valence-corrected chi connectivity index (χ2v) is 15.9. The third-order valence-electron chi connectivity index (χ3n) is 4.88. The Balaban J connectivity index is 1.93. The van der Waals surface area contributed by atoms with Crippen molar-refractivity contribution in [2.45, 2.75) is 0 Å². The summed E-state index contributed by atoms with van der Waals surface area (Å²) in [5, 5.41) is 4.73. The fourth-order valence-electron chi connectivity index (χ4n) is 3.39. The Hall–Kier alpha value is -1.82. The number of benzene rings is 4. The lowest BCUT2D eigenvalue weighted by Crippen LogP contribution is -2.22. The first-order valence-corrected chi connectivity index (χ1v) is 15.2. The molecule has 4 aromatic rings. The Kier molecular flexibility index (Phi) is 6.28. The van der Waals surface area contributed by atoms with Crippen LogP contribution >= 0.6 is 12.1 Å². The van der Waals surface area contributed by atoms with Gasteiger partial charge in [0.25, 0.3) is 0 Å². The standard InChI is InChI=1S/C25H21P2S2/c28-26(22-13-5-1-6-14-22,23-15-7-2-8-16-23)21-27(29,24-17-9-3-10-18-24)25-19-11-4-12-20-25/h1-21H/q-1. The van der Waals surface area contributed by atoms with Crippen molar-refractivity contribution < 1.29 is 0 Å². The third-order valence-corrected chi connectivity index (χ3v) is 16.0. The van der Waals surface area contributed by atoms with E-state index in [0.29, 0.717) is 0 Å². The maximum absolute atomic E-state index is 6.50. The quantitative estimate of drug-likeness (QED) is 0.288. The van der Waals surface area contributed by atoms with Crippen LogP contribution in [0.5, 0.6) is 0 Å². The Labute approximate surface area is 183 Å². The molecule has 0 fully saturated rings. The van der Waals surface area contributed by atoms with Gasteiger partial charge in [0.1, 0.15) is 0 Å². The summed E-state index contributed by atoms with van der Waals surface area (Å²) in [6.45, 7) is 0. The maximum Gasteiger partial charge on any atom is -0.0385 e. The van der Waals surface area contributed by atoms with Crippen molar-refractivity contribution >= 4 is 56.9 Å². The SMILES string of the molecule is S=P([CH-]P(=S)(c1ccccc1)c1ccccc1)(c1ccccc1)c1ccccc1. The van der Waals surface area contributed by atoms with Gasteiger partial charge in [-0.15, -0.1) is 35.7 Å². The van der Waals surface area contributed by atoms with Gasteiger partial charge in [0.15, 0.2) is 0 Å². The molecular weight excluding hydrogens is 426 g/mol. The highest BCUT2D eigenvalue weighted by molar-refractivity contribution is 8.33.